The van der Waals surface area contributed by atoms with Gasteiger partial charge in [-0.1, -0.05) is 42.5 Å². The molecule has 0 spiro atoms. The summed E-state index contributed by atoms with van der Waals surface area (Å²) in [4.78, 5) is 6.68. The highest BCUT2D eigenvalue weighted by Crippen LogP contribution is 2.29. The number of fused-ring (bicyclic) bond motifs is 1. The van der Waals surface area contributed by atoms with Crippen LogP contribution in [-0.4, -0.2) is 12.5 Å². The van der Waals surface area contributed by atoms with E-state index in [9.17, 15) is 0 Å². The summed E-state index contributed by atoms with van der Waals surface area (Å²) < 4.78 is 0. The summed E-state index contributed by atoms with van der Waals surface area (Å²) in [5.74, 6) is 0.642. The molecule has 3 heteroatoms. The van der Waals surface area contributed by atoms with Crippen LogP contribution in [-0.2, 0) is 6.54 Å². The van der Waals surface area contributed by atoms with E-state index in [1.54, 1.807) is 0 Å². The van der Waals surface area contributed by atoms with Crippen LogP contribution in [0.4, 0.5) is 5.69 Å². The molecule has 2 aromatic rings. The highest BCUT2D eigenvalue weighted by Gasteiger charge is 2.19. The van der Waals surface area contributed by atoms with Gasteiger partial charge in [-0.15, -0.1) is 0 Å². The molecular formula is C16H17N3. The number of para-hydroxylation sites is 1. The summed E-state index contributed by atoms with van der Waals surface area (Å²) in [6.07, 6.45) is 0. The highest BCUT2D eigenvalue weighted by molar-refractivity contribution is 6.04. The molecule has 96 valence electrons. The number of nitrogens with two attached hydrogens (primary N) is 1. The molecule has 1 aliphatic heterocycles. The van der Waals surface area contributed by atoms with E-state index in [4.69, 9.17) is 5.73 Å². The SMILES string of the molecule is Cc1cccc2c1N(Cc1ccccc1)CN=C2N. The van der Waals surface area contributed by atoms with Crippen LogP contribution in [0.3, 0.4) is 0 Å². The summed E-state index contributed by atoms with van der Waals surface area (Å²) in [6, 6.07) is 16.6. The van der Waals surface area contributed by atoms with Crippen LogP contribution < -0.4 is 10.6 Å². The van der Waals surface area contributed by atoms with Crippen molar-refractivity contribution in [3.63, 3.8) is 0 Å². The smallest absolute Gasteiger partial charge is 0.129 e. The predicted molar refractivity (Wildman–Crippen MR) is 79.4 cm³/mol. The van der Waals surface area contributed by atoms with Crippen molar-refractivity contribution in [2.45, 2.75) is 13.5 Å². The number of amidine groups is 1. The molecule has 1 aliphatic rings. The molecule has 19 heavy (non-hydrogen) atoms. The molecule has 0 unspecified atom stereocenters. The second kappa shape index (κ2) is 4.76. The molecule has 0 saturated heterocycles. The van der Waals surface area contributed by atoms with Gasteiger partial charge in [-0.3, -0.25) is 0 Å². The first-order valence-corrected chi connectivity index (χ1v) is 6.44. The van der Waals surface area contributed by atoms with Gasteiger partial charge >= 0.3 is 0 Å². The number of hydrogen-bond donors (Lipinski definition) is 1. The van der Waals surface area contributed by atoms with Gasteiger partial charge in [0, 0.05) is 12.1 Å². The van der Waals surface area contributed by atoms with E-state index < -0.39 is 0 Å². The zero-order valence-electron chi connectivity index (χ0n) is 11.0. The maximum absolute atomic E-state index is 5.99. The van der Waals surface area contributed by atoms with Gasteiger partial charge in [-0.2, -0.15) is 0 Å². The Bertz CT molecular complexity index is 617. The number of hydrogen-bond acceptors (Lipinski definition) is 3. The van der Waals surface area contributed by atoms with E-state index in [2.05, 4.69) is 47.1 Å². The number of rotatable bonds is 2. The molecule has 0 radical (unpaired) electrons. The first kappa shape index (κ1) is 11.8. The van der Waals surface area contributed by atoms with Crippen molar-refractivity contribution < 1.29 is 0 Å². The molecule has 0 bridgehead atoms. The molecule has 1 heterocycles. The maximum Gasteiger partial charge on any atom is 0.129 e. The van der Waals surface area contributed by atoms with Gasteiger partial charge in [0.1, 0.15) is 12.5 Å². The third-order valence-corrected chi connectivity index (χ3v) is 3.46. The fourth-order valence-corrected chi connectivity index (χ4v) is 2.54. The van der Waals surface area contributed by atoms with Crippen LogP contribution in [0.1, 0.15) is 16.7 Å². The highest BCUT2D eigenvalue weighted by atomic mass is 15.2. The first-order chi connectivity index (χ1) is 9.25. The molecule has 0 saturated carbocycles. The minimum atomic E-state index is 0.624. The Balaban J connectivity index is 1.98. The zero-order chi connectivity index (χ0) is 13.2. The lowest BCUT2D eigenvalue weighted by molar-refractivity contribution is 0.797. The number of nitrogens with zero attached hydrogens (tertiary/aromatic N) is 2. The molecule has 2 N–H and O–H groups in total. The number of aryl methyl sites for hydroxylation is 1. The summed E-state index contributed by atoms with van der Waals surface area (Å²) in [5, 5.41) is 0. The fourth-order valence-electron chi connectivity index (χ4n) is 2.54. The largest absolute Gasteiger partial charge is 0.383 e. The minimum Gasteiger partial charge on any atom is -0.383 e. The summed E-state index contributed by atoms with van der Waals surface area (Å²) in [6.45, 7) is 3.60. The van der Waals surface area contributed by atoms with Gasteiger partial charge in [0.05, 0.1) is 5.69 Å². The van der Waals surface area contributed by atoms with Crippen molar-refractivity contribution in [1.82, 2.24) is 0 Å². The van der Waals surface area contributed by atoms with E-state index in [1.165, 1.54) is 16.8 Å². The molecular weight excluding hydrogens is 234 g/mol. The van der Waals surface area contributed by atoms with Crippen molar-refractivity contribution in [2.75, 3.05) is 11.6 Å². The fraction of sp³-hybridized carbons (Fsp3) is 0.188. The van der Waals surface area contributed by atoms with Gasteiger partial charge < -0.3 is 10.6 Å². The average molecular weight is 251 g/mol. The molecule has 0 atom stereocenters. The van der Waals surface area contributed by atoms with Gasteiger partial charge in [-0.25, -0.2) is 4.99 Å². The quantitative estimate of drug-likeness (QED) is 0.891. The van der Waals surface area contributed by atoms with Crippen molar-refractivity contribution >= 4 is 11.5 Å². The van der Waals surface area contributed by atoms with Gasteiger partial charge in [0.25, 0.3) is 0 Å². The van der Waals surface area contributed by atoms with Crippen LogP contribution in [0.5, 0.6) is 0 Å². The van der Waals surface area contributed by atoms with Crippen molar-refractivity contribution in [3.8, 4) is 0 Å². The summed E-state index contributed by atoms with van der Waals surface area (Å²) in [7, 11) is 0. The molecule has 0 fully saturated rings. The van der Waals surface area contributed by atoms with E-state index >= 15 is 0 Å². The van der Waals surface area contributed by atoms with E-state index in [-0.39, 0.29) is 0 Å². The molecule has 0 amide bonds. The standard InChI is InChI=1S/C16H17N3/c1-12-6-5-9-14-15(12)19(11-18-16(14)17)10-13-7-3-2-4-8-13/h2-9H,10-11H2,1H3,(H2,17,18). The lowest BCUT2D eigenvalue weighted by Gasteiger charge is -2.30. The Kier molecular flexibility index (Phi) is 2.95. The zero-order valence-corrected chi connectivity index (χ0v) is 11.0. The van der Waals surface area contributed by atoms with Crippen molar-refractivity contribution in [2.24, 2.45) is 10.7 Å². The van der Waals surface area contributed by atoms with Gasteiger partial charge in [0.2, 0.25) is 0 Å². The lowest BCUT2D eigenvalue weighted by Crippen LogP contribution is -2.32. The van der Waals surface area contributed by atoms with E-state index in [0.717, 1.165) is 12.1 Å². The topological polar surface area (TPSA) is 41.6 Å². The van der Waals surface area contributed by atoms with Crippen molar-refractivity contribution in [1.29, 1.82) is 0 Å². The van der Waals surface area contributed by atoms with E-state index in [1.807, 2.05) is 18.2 Å². The Labute approximate surface area is 113 Å². The minimum absolute atomic E-state index is 0.624. The Hall–Kier alpha value is -2.29. The molecule has 3 rings (SSSR count). The third-order valence-electron chi connectivity index (χ3n) is 3.46. The monoisotopic (exact) mass is 251 g/mol. The maximum atomic E-state index is 5.99. The number of benzene rings is 2. The summed E-state index contributed by atoms with van der Waals surface area (Å²) >= 11 is 0. The summed E-state index contributed by atoms with van der Waals surface area (Å²) in [5.41, 5.74) is 10.8. The van der Waals surface area contributed by atoms with Gasteiger partial charge in [-0.05, 0) is 24.1 Å². The average Bonchev–Trinajstić information content (AvgIpc) is 2.43. The van der Waals surface area contributed by atoms with E-state index in [0.29, 0.717) is 12.5 Å². The second-order valence-electron chi connectivity index (χ2n) is 4.84. The lowest BCUT2D eigenvalue weighted by atomic mass is 10.0. The Morgan fingerprint density at radius 1 is 1.11 bits per heavy atom. The number of aliphatic imine (C=N–C) groups is 1. The molecule has 2 aromatic carbocycles. The normalized spacial score (nSPS) is 13.9. The van der Waals surface area contributed by atoms with Crippen LogP contribution in [0.15, 0.2) is 53.5 Å². The Morgan fingerprint density at radius 2 is 1.89 bits per heavy atom. The molecule has 0 aliphatic carbocycles. The van der Waals surface area contributed by atoms with Gasteiger partial charge in [0.15, 0.2) is 0 Å². The van der Waals surface area contributed by atoms with Crippen LogP contribution >= 0.6 is 0 Å². The van der Waals surface area contributed by atoms with Crippen LogP contribution in [0.2, 0.25) is 0 Å². The molecule has 3 nitrogen and oxygen atoms in total. The van der Waals surface area contributed by atoms with Crippen molar-refractivity contribution in [3.05, 3.63) is 65.2 Å². The third kappa shape index (κ3) is 2.19. The molecule has 0 aromatic heterocycles. The first-order valence-electron chi connectivity index (χ1n) is 6.44. The number of anilines is 1. The Morgan fingerprint density at radius 3 is 2.68 bits per heavy atom. The second-order valence-corrected chi connectivity index (χ2v) is 4.84. The van der Waals surface area contributed by atoms with Crippen LogP contribution in [0.25, 0.3) is 0 Å². The van der Waals surface area contributed by atoms with Crippen LogP contribution in [0, 0.1) is 6.92 Å². The predicted octanol–water partition coefficient (Wildman–Crippen LogP) is 2.68.